The normalized spacial score (nSPS) is 11.8. The van der Waals surface area contributed by atoms with Crippen LogP contribution in [0.15, 0.2) is 47.5 Å². The summed E-state index contributed by atoms with van der Waals surface area (Å²) in [6, 6.07) is 11.7. The van der Waals surface area contributed by atoms with Gasteiger partial charge in [0, 0.05) is 17.8 Å². The van der Waals surface area contributed by atoms with Crippen LogP contribution >= 0.6 is 0 Å². The molecule has 0 radical (unpaired) electrons. The van der Waals surface area contributed by atoms with Crippen LogP contribution in [0.2, 0.25) is 0 Å². The van der Waals surface area contributed by atoms with E-state index in [-0.39, 0.29) is 45.4 Å². The van der Waals surface area contributed by atoms with Crippen molar-refractivity contribution in [3.05, 3.63) is 69.3 Å². The number of phenolic OH excluding ortho intramolecular Hbond substituents is 2. The first kappa shape index (κ1) is 20.3. The van der Waals surface area contributed by atoms with Crippen LogP contribution in [0.3, 0.4) is 0 Å². The first-order valence-corrected chi connectivity index (χ1v) is 9.51. The summed E-state index contributed by atoms with van der Waals surface area (Å²) in [6.45, 7) is 8.31. The molecule has 0 bridgehead atoms. The Morgan fingerprint density at radius 3 is 2.14 bits per heavy atom. The zero-order chi connectivity index (χ0) is 21.3. The Morgan fingerprint density at radius 1 is 1.00 bits per heavy atom. The van der Waals surface area contributed by atoms with E-state index in [1.807, 2.05) is 18.2 Å². The maximum atomic E-state index is 11.5. The molecule has 0 aromatic heterocycles. The Bertz CT molecular complexity index is 1090. The summed E-state index contributed by atoms with van der Waals surface area (Å²) in [5, 5.41) is 32.6. The monoisotopic (exact) mass is 392 g/mol. The highest BCUT2D eigenvalue weighted by atomic mass is 16.6. The number of benzene rings is 3. The van der Waals surface area contributed by atoms with Crippen molar-refractivity contribution in [1.82, 2.24) is 0 Å². The van der Waals surface area contributed by atoms with E-state index in [9.17, 15) is 20.3 Å². The van der Waals surface area contributed by atoms with Crippen molar-refractivity contribution in [3.63, 3.8) is 0 Å². The molecule has 0 heterocycles. The molecule has 0 fully saturated rings. The first-order valence-electron chi connectivity index (χ1n) is 9.51. The van der Waals surface area contributed by atoms with Gasteiger partial charge in [-0.05, 0) is 35.1 Å². The quantitative estimate of drug-likeness (QED) is 0.309. The average Bonchev–Trinajstić information content (AvgIpc) is 2.66. The fraction of sp³-hybridized carbons (Fsp3) is 0.261. The summed E-state index contributed by atoms with van der Waals surface area (Å²) in [5.41, 5.74) is 2.91. The fourth-order valence-electron chi connectivity index (χ4n) is 3.48. The lowest BCUT2D eigenvalue weighted by atomic mass is 9.93. The molecule has 0 aliphatic heterocycles. The minimum Gasteiger partial charge on any atom is -0.507 e. The van der Waals surface area contributed by atoms with Crippen molar-refractivity contribution in [3.8, 4) is 11.5 Å². The lowest BCUT2D eigenvalue weighted by molar-refractivity contribution is -0.383. The molecule has 6 nitrogen and oxygen atoms in total. The number of rotatable bonds is 5. The number of para-hydroxylation sites is 1. The van der Waals surface area contributed by atoms with Crippen LogP contribution in [0.4, 0.5) is 11.4 Å². The van der Waals surface area contributed by atoms with E-state index in [1.165, 1.54) is 30.5 Å². The van der Waals surface area contributed by atoms with Crippen LogP contribution in [-0.4, -0.2) is 21.4 Å². The number of nitro groups is 1. The Kier molecular flexibility index (Phi) is 5.55. The standard InChI is InChI=1S/C23H24N2O4/c1-13(2)16-7-5-8-17(14(3)4)22(16)24-12-15-11-19(25(28)29)18-9-6-10-20(26)21(18)23(15)27/h5-14,26-27H,1-4H3. The van der Waals surface area contributed by atoms with Crippen molar-refractivity contribution in [1.29, 1.82) is 0 Å². The molecular weight excluding hydrogens is 368 g/mol. The van der Waals surface area contributed by atoms with Gasteiger partial charge in [-0.1, -0.05) is 52.0 Å². The molecule has 0 amide bonds. The molecule has 0 atom stereocenters. The van der Waals surface area contributed by atoms with E-state index >= 15 is 0 Å². The molecular formula is C23H24N2O4. The number of hydrogen-bond donors (Lipinski definition) is 2. The number of aromatic hydroxyl groups is 2. The number of non-ortho nitro benzene ring substituents is 1. The van der Waals surface area contributed by atoms with Crippen LogP contribution in [0.25, 0.3) is 10.8 Å². The molecule has 3 aromatic rings. The molecule has 0 aliphatic rings. The maximum Gasteiger partial charge on any atom is 0.278 e. The summed E-state index contributed by atoms with van der Waals surface area (Å²) in [6.07, 6.45) is 1.43. The van der Waals surface area contributed by atoms with Crippen molar-refractivity contribution in [2.24, 2.45) is 4.99 Å². The van der Waals surface area contributed by atoms with Gasteiger partial charge in [-0.3, -0.25) is 15.1 Å². The number of nitro benzene ring substituents is 1. The number of hydrogen-bond acceptors (Lipinski definition) is 5. The van der Waals surface area contributed by atoms with Gasteiger partial charge < -0.3 is 10.2 Å². The second kappa shape index (κ2) is 7.91. The smallest absolute Gasteiger partial charge is 0.278 e. The highest BCUT2D eigenvalue weighted by Crippen LogP contribution is 2.41. The molecule has 150 valence electrons. The molecule has 3 rings (SSSR count). The number of fused-ring (bicyclic) bond motifs is 1. The van der Waals surface area contributed by atoms with Gasteiger partial charge in [0.05, 0.1) is 21.4 Å². The fourth-order valence-corrected chi connectivity index (χ4v) is 3.48. The summed E-state index contributed by atoms with van der Waals surface area (Å²) in [4.78, 5) is 15.6. The third-order valence-corrected chi connectivity index (χ3v) is 4.99. The van der Waals surface area contributed by atoms with E-state index in [4.69, 9.17) is 0 Å². The summed E-state index contributed by atoms with van der Waals surface area (Å²) in [5.74, 6) is 0.0261. The van der Waals surface area contributed by atoms with Crippen molar-refractivity contribution < 1.29 is 15.1 Å². The Labute approximate surface area is 169 Å². The SMILES string of the molecule is CC(C)c1cccc(C(C)C)c1N=Cc1cc([N+](=O)[O-])c2cccc(O)c2c1O. The second-order valence-corrected chi connectivity index (χ2v) is 7.64. The lowest BCUT2D eigenvalue weighted by Gasteiger charge is -2.16. The van der Waals surface area contributed by atoms with Crippen molar-refractivity contribution in [2.45, 2.75) is 39.5 Å². The van der Waals surface area contributed by atoms with E-state index in [2.05, 4.69) is 32.7 Å². The van der Waals surface area contributed by atoms with Crippen LogP contribution in [0.5, 0.6) is 11.5 Å². The first-order chi connectivity index (χ1) is 13.7. The average molecular weight is 392 g/mol. The highest BCUT2D eigenvalue weighted by molar-refractivity contribution is 6.05. The van der Waals surface area contributed by atoms with Gasteiger partial charge in [-0.2, -0.15) is 0 Å². The number of phenols is 2. The minimum atomic E-state index is -0.528. The van der Waals surface area contributed by atoms with Gasteiger partial charge >= 0.3 is 0 Å². The van der Waals surface area contributed by atoms with Crippen molar-refractivity contribution in [2.75, 3.05) is 0 Å². The Balaban J connectivity index is 2.24. The van der Waals surface area contributed by atoms with Crippen LogP contribution in [0.1, 0.15) is 56.2 Å². The molecule has 0 spiro atoms. The summed E-state index contributed by atoms with van der Waals surface area (Å²) in [7, 11) is 0. The van der Waals surface area contributed by atoms with Gasteiger partial charge in [0.15, 0.2) is 0 Å². The largest absolute Gasteiger partial charge is 0.507 e. The van der Waals surface area contributed by atoms with Gasteiger partial charge in [0.1, 0.15) is 11.5 Å². The number of nitrogens with zero attached hydrogens (tertiary/aromatic N) is 2. The Morgan fingerprint density at radius 2 is 1.59 bits per heavy atom. The van der Waals surface area contributed by atoms with Crippen molar-refractivity contribution >= 4 is 28.4 Å². The highest BCUT2D eigenvalue weighted by Gasteiger charge is 2.20. The molecule has 0 unspecified atom stereocenters. The van der Waals surface area contributed by atoms with Gasteiger partial charge in [0.25, 0.3) is 5.69 Å². The predicted molar refractivity (Wildman–Crippen MR) is 116 cm³/mol. The zero-order valence-corrected chi connectivity index (χ0v) is 16.9. The van der Waals surface area contributed by atoms with Gasteiger partial charge in [-0.25, -0.2) is 0 Å². The van der Waals surface area contributed by atoms with E-state index < -0.39 is 4.92 Å². The molecule has 3 aromatic carbocycles. The Hall–Kier alpha value is -3.41. The predicted octanol–water partition coefficient (Wildman–Crippen LogP) is 6.16. The summed E-state index contributed by atoms with van der Waals surface area (Å²) < 4.78 is 0. The molecule has 29 heavy (non-hydrogen) atoms. The third-order valence-electron chi connectivity index (χ3n) is 4.99. The van der Waals surface area contributed by atoms with Gasteiger partial charge in [-0.15, -0.1) is 0 Å². The summed E-state index contributed by atoms with van der Waals surface area (Å²) >= 11 is 0. The van der Waals surface area contributed by atoms with Crippen LogP contribution < -0.4 is 0 Å². The maximum absolute atomic E-state index is 11.5. The number of aliphatic imine (C=N–C) groups is 1. The van der Waals surface area contributed by atoms with E-state index in [1.54, 1.807) is 0 Å². The second-order valence-electron chi connectivity index (χ2n) is 7.64. The van der Waals surface area contributed by atoms with Crippen LogP contribution in [0, 0.1) is 10.1 Å². The van der Waals surface area contributed by atoms with Gasteiger partial charge in [0.2, 0.25) is 0 Å². The molecule has 6 heteroatoms. The van der Waals surface area contributed by atoms with E-state index in [0.717, 1.165) is 16.8 Å². The molecule has 0 aliphatic carbocycles. The van der Waals surface area contributed by atoms with Crippen LogP contribution in [-0.2, 0) is 0 Å². The zero-order valence-electron chi connectivity index (χ0n) is 16.9. The topological polar surface area (TPSA) is 96.0 Å². The molecule has 0 saturated carbocycles. The molecule has 0 saturated heterocycles. The lowest BCUT2D eigenvalue weighted by Crippen LogP contribution is -1.97. The molecule has 2 N–H and O–H groups in total. The third kappa shape index (κ3) is 3.78. The minimum absolute atomic E-state index is 0.0457. The van der Waals surface area contributed by atoms with E-state index in [0.29, 0.717) is 0 Å².